The van der Waals surface area contributed by atoms with Crippen molar-refractivity contribution in [1.82, 2.24) is 25.8 Å². The summed E-state index contributed by atoms with van der Waals surface area (Å²) >= 11 is 1.69. The Balaban J connectivity index is 0.00000784. The van der Waals surface area contributed by atoms with Gasteiger partial charge in [0.2, 0.25) is 23.6 Å². The molecule has 1 saturated heterocycles. The maximum atomic E-state index is 14.3. The molecule has 2 aliphatic rings. The average molecular weight is 777 g/mol. The van der Waals surface area contributed by atoms with E-state index in [1.165, 1.54) is 0 Å². The van der Waals surface area contributed by atoms with Crippen LogP contribution in [0.2, 0.25) is 0 Å². The van der Waals surface area contributed by atoms with Gasteiger partial charge in [0.15, 0.2) is 0 Å². The second kappa shape index (κ2) is 21.9. The van der Waals surface area contributed by atoms with Gasteiger partial charge >= 0.3 is 0 Å². The summed E-state index contributed by atoms with van der Waals surface area (Å²) in [5.74, 6) is -0.433. The molecule has 3 rings (SSSR count). The molecule has 3 N–H and O–H groups in total. The number of benzene rings is 1. The molecule has 0 spiro atoms. The molecule has 1 aromatic carbocycles. The van der Waals surface area contributed by atoms with Crippen LogP contribution < -0.4 is 16.0 Å². The minimum atomic E-state index is -0.749. The van der Waals surface area contributed by atoms with Crippen molar-refractivity contribution in [3.8, 4) is 0 Å². The van der Waals surface area contributed by atoms with Gasteiger partial charge in [0.1, 0.15) is 6.04 Å². The van der Waals surface area contributed by atoms with Gasteiger partial charge in [0, 0.05) is 43.0 Å². The Kier molecular flexibility index (Phi) is 18.4. The van der Waals surface area contributed by atoms with Crippen molar-refractivity contribution in [1.29, 1.82) is 0 Å². The molecule has 2 aliphatic heterocycles. The molecule has 0 aromatic heterocycles. The molecule has 54 heavy (non-hydrogen) atoms. The molecule has 4 amide bonds. The Morgan fingerprint density at radius 3 is 2.19 bits per heavy atom. The van der Waals surface area contributed by atoms with E-state index in [1.54, 1.807) is 45.0 Å². The number of hydrogen-bond donors (Lipinski definition) is 3. The van der Waals surface area contributed by atoms with Crippen molar-refractivity contribution >= 4 is 40.4 Å². The molecule has 1 aromatic rings. The number of likely N-dealkylation sites (N-methyl/N-ethyl adjacent to an activating group) is 2. The summed E-state index contributed by atoms with van der Waals surface area (Å²) in [4.78, 5) is 63.8. The maximum absolute atomic E-state index is 14.3. The Morgan fingerprint density at radius 1 is 0.981 bits per heavy atom. The fourth-order valence-electron chi connectivity index (χ4n) is 7.96. The van der Waals surface area contributed by atoms with Gasteiger partial charge in [-0.2, -0.15) is 0 Å². The van der Waals surface area contributed by atoms with Gasteiger partial charge in [-0.15, -0.1) is 11.8 Å². The number of likely N-dealkylation sites (tertiary alicyclic amines) is 1. The summed E-state index contributed by atoms with van der Waals surface area (Å²) < 4.78 is 12.1. The third kappa shape index (κ3) is 11.8. The number of thioether (sulfide) groups is 1. The lowest BCUT2D eigenvalue weighted by Crippen LogP contribution is -2.59. The smallest absolute Gasteiger partial charge is 0.245 e. The fourth-order valence-corrected chi connectivity index (χ4v) is 8.88. The fraction of sp³-hybridized carbons (Fsp3) is 0.732. The van der Waals surface area contributed by atoms with Crippen LogP contribution in [0.25, 0.3) is 0 Å². The molecule has 0 radical (unpaired) electrons. The molecule has 0 aliphatic carbocycles. The number of aliphatic imine (C=N–C) groups is 1. The van der Waals surface area contributed by atoms with Gasteiger partial charge in [-0.3, -0.25) is 24.2 Å². The van der Waals surface area contributed by atoms with Crippen molar-refractivity contribution in [3.05, 3.63) is 35.9 Å². The number of carbonyl (C=O) groups is 4. The lowest BCUT2D eigenvalue weighted by atomic mass is 9.89. The Hall–Kier alpha value is -3.00. The molecule has 308 valence electrons. The topological polar surface area (TPSA) is 142 Å². The number of hydrogen-bond acceptors (Lipinski definition) is 9. The van der Waals surface area contributed by atoms with E-state index in [0.717, 1.165) is 35.7 Å². The number of amides is 4. The Labute approximate surface area is 331 Å². The summed E-state index contributed by atoms with van der Waals surface area (Å²) in [6, 6.07) is 7.94. The molecular weight excluding hydrogens is 705 g/mol. The third-order valence-corrected chi connectivity index (χ3v) is 12.4. The first-order valence-corrected chi connectivity index (χ1v) is 20.8. The van der Waals surface area contributed by atoms with Crippen molar-refractivity contribution < 1.29 is 31.5 Å². The minimum absolute atomic E-state index is 0. The molecular formula is C41H72N6O6S. The van der Waals surface area contributed by atoms with Gasteiger partial charge in [0.05, 0.1) is 53.8 Å². The summed E-state index contributed by atoms with van der Waals surface area (Å²) in [7, 11) is 6.68. The van der Waals surface area contributed by atoms with Crippen LogP contribution in [0.3, 0.4) is 0 Å². The predicted octanol–water partition coefficient (Wildman–Crippen LogP) is 4.66. The van der Waals surface area contributed by atoms with E-state index in [-0.39, 0.29) is 62.7 Å². The summed E-state index contributed by atoms with van der Waals surface area (Å²) in [5, 5.41) is 10.3. The van der Waals surface area contributed by atoms with Crippen LogP contribution in [-0.2, 0) is 35.1 Å². The lowest BCUT2D eigenvalue weighted by Gasteiger charge is -2.41. The molecule has 0 saturated carbocycles. The molecule has 1 fully saturated rings. The van der Waals surface area contributed by atoms with E-state index in [1.807, 2.05) is 57.7 Å². The van der Waals surface area contributed by atoms with Gasteiger partial charge < -0.3 is 35.2 Å². The van der Waals surface area contributed by atoms with Gasteiger partial charge in [-0.05, 0) is 49.6 Å². The van der Waals surface area contributed by atoms with Crippen LogP contribution in [0.15, 0.2) is 35.3 Å². The quantitative estimate of drug-likeness (QED) is 0.164. The van der Waals surface area contributed by atoms with Crippen LogP contribution in [0.5, 0.6) is 0 Å². The monoisotopic (exact) mass is 777 g/mol. The minimum Gasteiger partial charge on any atom is -0.379 e. The molecule has 2 heterocycles. The van der Waals surface area contributed by atoms with Crippen molar-refractivity contribution in [2.45, 2.75) is 123 Å². The number of rotatable bonds is 21. The molecule has 0 unspecified atom stereocenters. The normalized spacial score (nSPS) is 20.4. The van der Waals surface area contributed by atoms with E-state index in [0.29, 0.717) is 19.4 Å². The van der Waals surface area contributed by atoms with Crippen molar-refractivity contribution in [3.63, 3.8) is 0 Å². The van der Waals surface area contributed by atoms with Gasteiger partial charge in [0.25, 0.3) is 0 Å². The number of nitrogens with one attached hydrogen (secondary N) is 3. The first-order valence-electron chi connectivity index (χ1n) is 19.8. The highest BCUT2D eigenvalue weighted by atomic mass is 32.2. The molecule has 13 heteroatoms. The summed E-state index contributed by atoms with van der Waals surface area (Å²) in [6.07, 6.45) is 1.83. The first-order chi connectivity index (χ1) is 25.7. The van der Waals surface area contributed by atoms with E-state index >= 15 is 0 Å². The second-order valence-corrected chi connectivity index (χ2v) is 16.8. The van der Waals surface area contributed by atoms with Crippen LogP contribution >= 0.6 is 11.8 Å². The molecule has 12 nitrogen and oxygen atoms in total. The van der Waals surface area contributed by atoms with E-state index < -0.39 is 36.3 Å². The zero-order chi connectivity index (χ0) is 40.1. The van der Waals surface area contributed by atoms with Gasteiger partial charge in [-0.25, -0.2) is 0 Å². The average Bonchev–Trinajstić information content (AvgIpc) is 3.87. The van der Waals surface area contributed by atoms with Crippen LogP contribution in [-0.4, -0.2) is 128 Å². The highest BCUT2D eigenvalue weighted by Crippen LogP contribution is 2.30. The standard InChI is InChI=1S/C41H68N6O6S.2H2/c1-12-27(6)36(46(9)41(51)35(26(4)5)45-39(50)34(42-8)25(2)3)32(52-10)24-33(48)47-21-16-19-31(47)37(53-11)28(7)38(49)44-30(40-43-20-22-54-40)23-29-17-14-13-15-18-29;;/h13-15,17-18,25-28,30-32,34-37,42H,12,16,19-24H2,1-11H3,(H,44,49)(H,45,50);2*1H/t27-,28+,30-,31-,32+,34-,35-,36-,37+;;/m0../s1. The number of nitrogens with zero attached hydrogens (tertiary/aromatic N) is 3. The number of carbonyl (C=O) groups excluding carboxylic acids is 4. The SMILES string of the molecule is CC[C@H](C)[C@@H]([C@@H](CC(=O)N1CCC[C@H]1[C@H](OC)[C@@H](C)C(=O)N[C@@H](Cc1ccccc1)C1=NCCS1)OC)N(C)C(=O)[C@@H](NC(=O)[C@@H](NC)C(C)C)C(C)C.[HH].[HH]. The van der Waals surface area contributed by atoms with Crippen LogP contribution in [0.4, 0.5) is 0 Å². The molecule has 0 bridgehead atoms. The number of ether oxygens (including phenoxy) is 2. The number of methoxy groups -OCH3 is 2. The van der Waals surface area contributed by atoms with Crippen LogP contribution in [0, 0.1) is 23.7 Å². The van der Waals surface area contributed by atoms with Crippen molar-refractivity contribution in [2.24, 2.45) is 28.7 Å². The van der Waals surface area contributed by atoms with E-state index in [9.17, 15) is 19.2 Å². The largest absolute Gasteiger partial charge is 0.379 e. The van der Waals surface area contributed by atoms with Crippen molar-refractivity contribution in [2.75, 3.05) is 47.2 Å². The highest BCUT2D eigenvalue weighted by Gasteiger charge is 2.43. The van der Waals surface area contributed by atoms with E-state index in [4.69, 9.17) is 9.47 Å². The zero-order valence-electron chi connectivity index (χ0n) is 34.6. The molecule has 9 atom stereocenters. The predicted molar refractivity (Wildman–Crippen MR) is 222 cm³/mol. The summed E-state index contributed by atoms with van der Waals surface area (Å²) in [6.45, 7) is 15.0. The third-order valence-electron chi connectivity index (χ3n) is 11.3. The first kappa shape index (κ1) is 45.4. The Bertz CT molecular complexity index is 1410. The highest BCUT2D eigenvalue weighted by molar-refractivity contribution is 8.14. The Morgan fingerprint density at radius 2 is 1.65 bits per heavy atom. The van der Waals surface area contributed by atoms with Gasteiger partial charge in [-0.1, -0.05) is 85.2 Å². The lowest BCUT2D eigenvalue weighted by molar-refractivity contribution is -0.147. The van der Waals surface area contributed by atoms with Crippen LogP contribution in [0.1, 0.15) is 82.6 Å². The zero-order valence-corrected chi connectivity index (χ0v) is 35.4. The maximum Gasteiger partial charge on any atom is 0.245 e. The second-order valence-electron chi connectivity index (χ2n) is 15.6. The summed E-state index contributed by atoms with van der Waals surface area (Å²) in [5.41, 5.74) is 1.12. The van der Waals surface area contributed by atoms with E-state index in [2.05, 4.69) is 46.9 Å².